The minimum Gasteiger partial charge on any atom is -0.490 e. The Morgan fingerprint density at radius 3 is 2.57 bits per heavy atom. The fourth-order valence-electron chi connectivity index (χ4n) is 3.38. The SMILES string of the molecule is CCOc1cc(/C=C2\N=C(c3ccc(NC(C)=O)cc3)OC2=O)ccc1OCc1cccc(Cl)c1. The third kappa shape index (κ3) is 6.28. The highest BCUT2D eigenvalue weighted by Crippen LogP contribution is 2.31. The molecule has 1 amide bonds. The zero-order chi connectivity index (χ0) is 24.8. The number of anilines is 1. The summed E-state index contributed by atoms with van der Waals surface area (Å²) in [4.78, 5) is 27.9. The zero-order valence-electron chi connectivity index (χ0n) is 19.2. The molecule has 0 bridgehead atoms. The summed E-state index contributed by atoms with van der Waals surface area (Å²) in [5, 5.41) is 3.33. The number of cyclic esters (lactones) is 1. The van der Waals surface area contributed by atoms with Crippen molar-refractivity contribution in [2.24, 2.45) is 4.99 Å². The van der Waals surface area contributed by atoms with Gasteiger partial charge in [-0.2, -0.15) is 0 Å². The maximum Gasteiger partial charge on any atom is 0.363 e. The maximum absolute atomic E-state index is 12.4. The van der Waals surface area contributed by atoms with E-state index in [1.54, 1.807) is 42.5 Å². The lowest BCUT2D eigenvalue weighted by Gasteiger charge is -2.13. The number of carbonyl (C=O) groups is 2. The van der Waals surface area contributed by atoms with Crippen LogP contribution in [0.5, 0.6) is 11.5 Å². The molecule has 1 aliphatic heterocycles. The largest absolute Gasteiger partial charge is 0.490 e. The van der Waals surface area contributed by atoms with Crippen LogP contribution in [-0.2, 0) is 20.9 Å². The standard InChI is InChI=1S/C27H23ClN2O5/c1-3-33-25-15-18(7-12-24(25)34-16-19-5-4-6-21(28)13-19)14-23-27(32)35-26(30-23)20-8-10-22(11-9-20)29-17(2)31/h4-15H,3,16H2,1-2H3,(H,29,31)/b23-14-. The van der Waals surface area contributed by atoms with Crippen molar-refractivity contribution in [2.75, 3.05) is 11.9 Å². The van der Waals surface area contributed by atoms with E-state index in [0.717, 1.165) is 5.56 Å². The van der Waals surface area contributed by atoms with Crippen LogP contribution in [0.4, 0.5) is 5.69 Å². The molecule has 0 fully saturated rings. The van der Waals surface area contributed by atoms with Gasteiger partial charge in [0.1, 0.15) is 6.61 Å². The van der Waals surface area contributed by atoms with Gasteiger partial charge < -0.3 is 19.5 Å². The molecule has 0 aliphatic carbocycles. The number of nitrogens with zero attached hydrogens (tertiary/aromatic N) is 1. The molecule has 3 aromatic rings. The Kier molecular flexibility index (Phi) is 7.48. The Balaban J connectivity index is 1.52. The molecule has 35 heavy (non-hydrogen) atoms. The molecule has 0 unspecified atom stereocenters. The van der Waals surface area contributed by atoms with E-state index in [4.69, 9.17) is 25.8 Å². The second kappa shape index (κ2) is 10.9. The van der Waals surface area contributed by atoms with Gasteiger partial charge in [0.25, 0.3) is 0 Å². The van der Waals surface area contributed by atoms with Crippen LogP contribution in [0, 0.1) is 0 Å². The second-order valence-electron chi connectivity index (χ2n) is 7.65. The monoisotopic (exact) mass is 490 g/mol. The minimum atomic E-state index is -0.551. The van der Waals surface area contributed by atoms with Gasteiger partial charge in [-0.25, -0.2) is 9.79 Å². The maximum atomic E-state index is 12.4. The summed E-state index contributed by atoms with van der Waals surface area (Å²) in [6.45, 7) is 4.10. The first-order valence-corrected chi connectivity index (χ1v) is 11.3. The van der Waals surface area contributed by atoms with Crippen molar-refractivity contribution in [3.8, 4) is 11.5 Å². The molecule has 8 heteroatoms. The van der Waals surface area contributed by atoms with Crippen LogP contribution in [0.2, 0.25) is 5.02 Å². The first kappa shape index (κ1) is 24.0. The molecule has 0 aromatic heterocycles. The van der Waals surface area contributed by atoms with E-state index in [9.17, 15) is 9.59 Å². The van der Waals surface area contributed by atoms with Gasteiger partial charge in [0.15, 0.2) is 17.2 Å². The molecule has 7 nitrogen and oxygen atoms in total. The number of hydrogen-bond donors (Lipinski definition) is 1. The van der Waals surface area contributed by atoms with E-state index in [-0.39, 0.29) is 17.5 Å². The van der Waals surface area contributed by atoms with Gasteiger partial charge in [0.2, 0.25) is 11.8 Å². The van der Waals surface area contributed by atoms with Crippen molar-refractivity contribution in [2.45, 2.75) is 20.5 Å². The molecule has 4 rings (SSSR count). The highest BCUT2D eigenvalue weighted by Gasteiger charge is 2.24. The van der Waals surface area contributed by atoms with Crippen LogP contribution in [0.25, 0.3) is 6.08 Å². The Hall–Kier alpha value is -4.10. The van der Waals surface area contributed by atoms with Crippen LogP contribution >= 0.6 is 11.6 Å². The third-order valence-electron chi connectivity index (χ3n) is 4.93. The number of carbonyl (C=O) groups excluding carboxylic acids is 2. The number of halogens is 1. The number of hydrogen-bond acceptors (Lipinski definition) is 6. The van der Waals surface area contributed by atoms with Crippen LogP contribution in [0.3, 0.4) is 0 Å². The van der Waals surface area contributed by atoms with Gasteiger partial charge in [0, 0.05) is 23.2 Å². The summed E-state index contributed by atoms with van der Waals surface area (Å²) in [7, 11) is 0. The third-order valence-corrected chi connectivity index (χ3v) is 5.16. The summed E-state index contributed by atoms with van der Waals surface area (Å²) in [5.41, 5.74) is 3.08. The van der Waals surface area contributed by atoms with Crippen molar-refractivity contribution < 1.29 is 23.8 Å². The fourth-order valence-corrected chi connectivity index (χ4v) is 3.59. The topological polar surface area (TPSA) is 86.2 Å². The van der Waals surface area contributed by atoms with Crippen molar-refractivity contribution in [1.29, 1.82) is 0 Å². The van der Waals surface area contributed by atoms with E-state index in [1.807, 2.05) is 37.3 Å². The smallest absolute Gasteiger partial charge is 0.363 e. The van der Waals surface area contributed by atoms with E-state index in [0.29, 0.717) is 46.5 Å². The number of amides is 1. The first-order valence-electron chi connectivity index (χ1n) is 11.0. The normalized spacial score (nSPS) is 13.9. The van der Waals surface area contributed by atoms with Gasteiger partial charge >= 0.3 is 5.97 Å². The lowest BCUT2D eigenvalue weighted by molar-refractivity contribution is -0.129. The van der Waals surface area contributed by atoms with E-state index < -0.39 is 5.97 Å². The lowest BCUT2D eigenvalue weighted by Crippen LogP contribution is -2.07. The molecule has 0 atom stereocenters. The average Bonchev–Trinajstić information content (AvgIpc) is 3.19. The molecule has 178 valence electrons. The van der Waals surface area contributed by atoms with Gasteiger partial charge in [-0.3, -0.25) is 4.79 Å². The second-order valence-corrected chi connectivity index (χ2v) is 8.09. The van der Waals surface area contributed by atoms with E-state index >= 15 is 0 Å². The summed E-state index contributed by atoms with van der Waals surface area (Å²) in [6.07, 6.45) is 1.63. The van der Waals surface area contributed by atoms with Gasteiger partial charge in [-0.05, 0) is 72.7 Å². The number of aliphatic imine (C=N–C) groups is 1. The molecule has 0 radical (unpaired) electrons. The molecule has 0 saturated carbocycles. The van der Waals surface area contributed by atoms with Crippen molar-refractivity contribution in [1.82, 2.24) is 0 Å². The number of esters is 1. The molecular weight excluding hydrogens is 468 g/mol. The van der Waals surface area contributed by atoms with Gasteiger partial charge in [-0.1, -0.05) is 29.8 Å². The molecular formula is C27H23ClN2O5. The molecule has 1 N–H and O–H groups in total. The number of ether oxygens (including phenoxy) is 3. The Morgan fingerprint density at radius 2 is 1.86 bits per heavy atom. The molecule has 0 spiro atoms. The first-order chi connectivity index (χ1) is 16.9. The summed E-state index contributed by atoms with van der Waals surface area (Å²) < 4.78 is 17.0. The Morgan fingerprint density at radius 1 is 1.06 bits per heavy atom. The van der Waals surface area contributed by atoms with Crippen LogP contribution in [0.15, 0.2) is 77.4 Å². The van der Waals surface area contributed by atoms with Crippen molar-refractivity contribution in [3.63, 3.8) is 0 Å². The number of nitrogens with one attached hydrogen (secondary N) is 1. The predicted octanol–water partition coefficient (Wildman–Crippen LogP) is 5.62. The predicted molar refractivity (Wildman–Crippen MR) is 135 cm³/mol. The quantitative estimate of drug-likeness (QED) is 0.327. The Bertz CT molecular complexity index is 1320. The summed E-state index contributed by atoms with van der Waals surface area (Å²) in [5.74, 6) is 0.603. The van der Waals surface area contributed by atoms with Gasteiger partial charge in [0.05, 0.1) is 6.61 Å². The van der Waals surface area contributed by atoms with Gasteiger partial charge in [-0.15, -0.1) is 0 Å². The molecule has 1 heterocycles. The Labute approximate surface area is 208 Å². The summed E-state index contributed by atoms with van der Waals surface area (Å²) in [6, 6.07) is 19.7. The molecule has 3 aromatic carbocycles. The molecule has 1 aliphatic rings. The van der Waals surface area contributed by atoms with Crippen molar-refractivity contribution >= 4 is 41.1 Å². The van der Waals surface area contributed by atoms with Crippen LogP contribution in [-0.4, -0.2) is 24.4 Å². The minimum absolute atomic E-state index is 0.167. The molecule has 0 saturated heterocycles. The lowest BCUT2D eigenvalue weighted by atomic mass is 10.1. The zero-order valence-corrected chi connectivity index (χ0v) is 20.0. The number of benzene rings is 3. The fraction of sp³-hybridized carbons (Fsp3) is 0.148. The average molecular weight is 491 g/mol. The number of rotatable bonds is 8. The van der Waals surface area contributed by atoms with E-state index in [2.05, 4.69) is 10.3 Å². The highest BCUT2D eigenvalue weighted by molar-refractivity contribution is 6.30. The summed E-state index contributed by atoms with van der Waals surface area (Å²) >= 11 is 6.05. The highest BCUT2D eigenvalue weighted by atomic mass is 35.5. The van der Waals surface area contributed by atoms with Crippen LogP contribution < -0.4 is 14.8 Å². The van der Waals surface area contributed by atoms with Crippen LogP contribution in [0.1, 0.15) is 30.5 Å². The van der Waals surface area contributed by atoms with Crippen molar-refractivity contribution in [3.05, 3.63) is 94.1 Å². The van der Waals surface area contributed by atoms with E-state index in [1.165, 1.54) is 6.92 Å².